The maximum Gasteiger partial charge on any atom is 0.336 e. The van der Waals surface area contributed by atoms with Crippen LogP contribution >= 0.6 is 11.8 Å². The van der Waals surface area contributed by atoms with E-state index in [-0.39, 0.29) is 17.0 Å². The Bertz CT molecular complexity index is 1150. The number of aromatic carboxylic acids is 1. The van der Waals surface area contributed by atoms with Gasteiger partial charge in [0.05, 0.1) is 23.0 Å². The SMILES string of the molecule is CCOc1ccc(NC(=O)C(C)Sc2cccc(NC(=O)c3ccccc3C(=O)O)c2)cc1. The second-order valence-corrected chi connectivity index (χ2v) is 8.45. The van der Waals surface area contributed by atoms with Crippen LogP contribution in [0.4, 0.5) is 11.4 Å². The minimum atomic E-state index is -1.17. The number of ether oxygens (including phenoxy) is 1. The van der Waals surface area contributed by atoms with Crippen LogP contribution in [0.1, 0.15) is 34.6 Å². The fraction of sp³-hybridized carbons (Fsp3) is 0.160. The van der Waals surface area contributed by atoms with Crippen molar-refractivity contribution < 1.29 is 24.2 Å². The average Bonchev–Trinajstić information content (AvgIpc) is 2.80. The number of hydrogen-bond acceptors (Lipinski definition) is 5. The standard InChI is InChI=1S/C25H24N2O5S/c1-3-32-19-13-11-17(12-14-19)26-23(28)16(2)33-20-8-6-7-18(15-20)27-24(29)21-9-4-5-10-22(21)25(30)31/h4-16H,3H2,1-2H3,(H,26,28)(H,27,29)(H,30,31). The number of anilines is 2. The number of carbonyl (C=O) groups is 3. The number of hydrogen-bond donors (Lipinski definition) is 3. The summed E-state index contributed by atoms with van der Waals surface area (Å²) in [5, 5.41) is 14.5. The van der Waals surface area contributed by atoms with Gasteiger partial charge in [-0.2, -0.15) is 0 Å². The Morgan fingerprint density at radius 2 is 1.61 bits per heavy atom. The molecule has 3 N–H and O–H groups in total. The molecule has 0 saturated carbocycles. The topological polar surface area (TPSA) is 105 Å². The lowest BCUT2D eigenvalue weighted by molar-refractivity contribution is -0.115. The Morgan fingerprint density at radius 1 is 0.909 bits per heavy atom. The molecule has 170 valence electrons. The Labute approximate surface area is 196 Å². The largest absolute Gasteiger partial charge is 0.494 e. The minimum absolute atomic E-state index is 0.0693. The highest BCUT2D eigenvalue weighted by Gasteiger charge is 2.17. The van der Waals surface area contributed by atoms with Crippen molar-refractivity contribution in [2.24, 2.45) is 0 Å². The van der Waals surface area contributed by atoms with E-state index < -0.39 is 17.1 Å². The molecule has 0 radical (unpaired) electrons. The number of thioether (sulfide) groups is 1. The van der Waals surface area contributed by atoms with Crippen molar-refractivity contribution in [2.75, 3.05) is 17.2 Å². The van der Waals surface area contributed by atoms with Crippen molar-refractivity contribution in [3.05, 3.63) is 83.9 Å². The van der Waals surface area contributed by atoms with Crippen molar-refractivity contribution in [1.29, 1.82) is 0 Å². The van der Waals surface area contributed by atoms with Crippen LogP contribution < -0.4 is 15.4 Å². The first kappa shape index (κ1) is 23.9. The molecule has 3 aromatic rings. The monoisotopic (exact) mass is 464 g/mol. The third-order valence-electron chi connectivity index (χ3n) is 4.61. The van der Waals surface area contributed by atoms with Crippen LogP contribution in [0, 0.1) is 0 Å². The summed E-state index contributed by atoms with van der Waals surface area (Å²) >= 11 is 1.35. The maximum absolute atomic E-state index is 12.6. The molecule has 0 heterocycles. The summed E-state index contributed by atoms with van der Waals surface area (Å²) < 4.78 is 5.40. The third-order valence-corrected chi connectivity index (χ3v) is 5.70. The molecular formula is C25H24N2O5S. The first-order valence-electron chi connectivity index (χ1n) is 10.3. The van der Waals surface area contributed by atoms with E-state index in [1.165, 1.54) is 23.9 Å². The third kappa shape index (κ3) is 6.60. The van der Waals surface area contributed by atoms with Crippen molar-refractivity contribution in [1.82, 2.24) is 0 Å². The van der Waals surface area contributed by atoms with E-state index in [4.69, 9.17) is 4.74 Å². The van der Waals surface area contributed by atoms with E-state index >= 15 is 0 Å². The highest BCUT2D eigenvalue weighted by molar-refractivity contribution is 8.00. The quantitative estimate of drug-likeness (QED) is 0.378. The number of carbonyl (C=O) groups excluding carboxylic acids is 2. The van der Waals surface area contributed by atoms with E-state index in [9.17, 15) is 19.5 Å². The van der Waals surface area contributed by atoms with Crippen LogP contribution in [0.2, 0.25) is 0 Å². The average molecular weight is 465 g/mol. The normalized spacial score (nSPS) is 11.3. The lowest BCUT2D eigenvalue weighted by Gasteiger charge is -2.14. The Kier molecular flexibility index (Phi) is 8.10. The summed E-state index contributed by atoms with van der Waals surface area (Å²) in [6.07, 6.45) is 0. The Morgan fingerprint density at radius 3 is 2.27 bits per heavy atom. The van der Waals surface area contributed by atoms with Gasteiger partial charge in [-0.05, 0) is 68.4 Å². The van der Waals surface area contributed by atoms with Crippen LogP contribution in [0.5, 0.6) is 5.75 Å². The van der Waals surface area contributed by atoms with Gasteiger partial charge in [-0.15, -0.1) is 11.8 Å². The van der Waals surface area contributed by atoms with Crippen LogP contribution in [0.3, 0.4) is 0 Å². The molecule has 7 nitrogen and oxygen atoms in total. The summed E-state index contributed by atoms with van der Waals surface area (Å²) in [6, 6.07) is 20.2. The van der Waals surface area contributed by atoms with Crippen molar-refractivity contribution >= 4 is 40.9 Å². The zero-order valence-corrected chi connectivity index (χ0v) is 19.0. The van der Waals surface area contributed by atoms with E-state index in [1.54, 1.807) is 61.5 Å². The van der Waals surface area contributed by atoms with Gasteiger partial charge in [-0.3, -0.25) is 9.59 Å². The molecule has 3 rings (SSSR count). The highest BCUT2D eigenvalue weighted by atomic mass is 32.2. The van der Waals surface area contributed by atoms with Gasteiger partial charge in [0.2, 0.25) is 5.91 Å². The van der Waals surface area contributed by atoms with E-state index in [2.05, 4.69) is 10.6 Å². The predicted molar refractivity (Wildman–Crippen MR) is 129 cm³/mol. The molecular weight excluding hydrogens is 440 g/mol. The first-order chi connectivity index (χ1) is 15.9. The first-order valence-corrected chi connectivity index (χ1v) is 11.2. The summed E-state index contributed by atoms with van der Waals surface area (Å²) in [5.41, 5.74) is 1.18. The number of amides is 2. The molecule has 0 aliphatic rings. The van der Waals surface area contributed by atoms with Gasteiger partial charge in [0.1, 0.15) is 5.75 Å². The van der Waals surface area contributed by atoms with Crippen LogP contribution in [0.15, 0.2) is 77.7 Å². The van der Waals surface area contributed by atoms with Crippen molar-refractivity contribution in [3.8, 4) is 5.75 Å². The van der Waals surface area contributed by atoms with E-state index in [1.807, 2.05) is 13.0 Å². The number of rotatable bonds is 9. The van der Waals surface area contributed by atoms with E-state index in [0.717, 1.165) is 10.6 Å². The molecule has 33 heavy (non-hydrogen) atoms. The van der Waals surface area contributed by atoms with Gasteiger partial charge in [0.25, 0.3) is 5.91 Å². The molecule has 0 saturated heterocycles. The van der Waals surface area contributed by atoms with Crippen LogP contribution in [0.25, 0.3) is 0 Å². The van der Waals surface area contributed by atoms with Gasteiger partial charge in [-0.1, -0.05) is 18.2 Å². The van der Waals surface area contributed by atoms with Crippen molar-refractivity contribution in [3.63, 3.8) is 0 Å². The van der Waals surface area contributed by atoms with Gasteiger partial charge in [0.15, 0.2) is 0 Å². The summed E-state index contributed by atoms with van der Waals surface area (Å²) in [7, 11) is 0. The highest BCUT2D eigenvalue weighted by Crippen LogP contribution is 2.27. The maximum atomic E-state index is 12.6. The lowest BCUT2D eigenvalue weighted by Crippen LogP contribution is -2.22. The van der Waals surface area contributed by atoms with Crippen LogP contribution in [-0.4, -0.2) is 34.7 Å². The molecule has 0 spiro atoms. The second-order valence-electron chi connectivity index (χ2n) is 7.04. The fourth-order valence-corrected chi connectivity index (χ4v) is 3.94. The lowest BCUT2D eigenvalue weighted by atomic mass is 10.1. The molecule has 0 bridgehead atoms. The Hall–Kier alpha value is -3.78. The molecule has 0 fully saturated rings. The zero-order chi connectivity index (χ0) is 23.8. The summed E-state index contributed by atoms with van der Waals surface area (Å²) in [4.78, 5) is 37.3. The van der Waals surface area contributed by atoms with E-state index in [0.29, 0.717) is 18.0 Å². The molecule has 3 aromatic carbocycles. The number of benzene rings is 3. The second kappa shape index (κ2) is 11.2. The number of nitrogens with one attached hydrogen (secondary N) is 2. The van der Waals surface area contributed by atoms with Gasteiger partial charge in [-0.25, -0.2) is 4.79 Å². The summed E-state index contributed by atoms with van der Waals surface area (Å²) in [6.45, 7) is 4.28. The smallest absolute Gasteiger partial charge is 0.336 e. The molecule has 2 amide bonds. The molecule has 0 aliphatic carbocycles. The molecule has 1 unspecified atom stereocenters. The van der Waals surface area contributed by atoms with Gasteiger partial charge in [0, 0.05) is 16.3 Å². The number of carboxylic acids is 1. The molecule has 0 aliphatic heterocycles. The van der Waals surface area contributed by atoms with Crippen LogP contribution in [-0.2, 0) is 4.79 Å². The van der Waals surface area contributed by atoms with Gasteiger partial charge >= 0.3 is 5.97 Å². The predicted octanol–water partition coefficient (Wildman–Crippen LogP) is 5.16. The molecule has 0 aromatic heterocycles. The minimum Gasteiger partial charge on any atom is -0.494 e. The Balaban J connectivity index is 1.63. The fourth-order valence-electron chi connectivity index (χ4n) is 3.02. The van der Waals surface area contributed by atoms with Gasteiger partial charge < -0.3 is 20.5 Å². The molecule has 1 atom stereocenters. The number of carboxylic acid groups (broad SMARTS) is 1. The zero-order valence-electron chi connectivity index (χ0n) is 18.2. The van der Waals surface area contributed by atoms with Crippen molar-refractivity contribution in [2.45, 2.75) is 24.0 Å². The molecule has 8 heteroatoms. The summed E-state index contributed by atoms with van der Waals surface area (Å²) in [5.74, 6) is -1.11.